The molecule has 1 aliphatic rings. The number of carbonyl (C=O) groups is 1. The summed E-state index contributed by atoms with van der Waals surface area (Å²) in [4.78, 5) is 11.6. The third kappa shape index (κ3) is 3.38. The molecule has 2 rings (SSSR count). The Morgan fingerprint density at radius 1 is 1.58 bits per heavy atom. The molecule has 1 aromatic rings. The number of aromatic nitrogens is 2. The van der Waals surface area contributed by atoms with Crippen LogP contribution in [0.2, 0.25) is 0 Å². The number of nitrogens with zero attached hydrogens (tertiary/aromatic N) is 2. The van der Waals surface area contributed by atoms with Crippen LogP contribution in [0.3, 0.4) is 0 Å². The second-order valence-corrected chi connectivity index (χ2v) is 6.58. The number of nitrogens with one attached hydrogen (secondary N) is 1. The van der Waals surface area contributed by atoms with Gasteiger partial charge in [0, 0.05) is 12.0 Å². The summed E-state index contributed by atoms with van der Waals surface area (Å²) < 4.78 is 1.92. The molecule has 1 aliphatic carbocycles. The maximum atomic E-state index is 11.6. The van der Waals surface area contributed by atoms with Crippen molar-refractivity contribution in [2.45, 2.75) is 51.5 Å². The number of rotatable bonds is 3. The molecule has 0 bridgehead atoms. The smallest absolute Gasteiger partial charge is 0.236 e. The van der Waals surface area contributed by atoms with E-state index in [0.717, 1.165) is 30.8 Å². The van der Waals surface area contributed by atoms with Gasteiger partial charge in [-0.25, -0.2) is 4.68 Å². The van der Waals surface area contributed by atoms with Crippen LogP contribution in [0.5, 0.6) is 0 Å². The van der Waals surface area contributed by atoms with Crippen LogP contribution in [-0.4, -0.2) is 21.0 Å². The normalized spacial score (nSPS) is 16.8. The summed E-state index contributed by atoms with van der Waals surface area (Å²) in [5.41, 5.74) is 0.948. The lowest BCUT2D eigenvalue weighted by Crippen LogP contribution is -2.27. The predicted octanol–water partition coefficient (Wildman–Crippen LogP) is 3.44. The fourth-order valence-electron chi connectivity index (χ4n) is 2.40. The zero-order valence-electron chi connectivity index (χ0n) is 11.7. The SMILES string of the molecule is CC(C)(C)n1nc(C2C[CH]CC2)cc1NC(=O)CBr. The van der Waals surface area contributed by atoms with Crippen LogP contribution in [0.4, 0.5) is 5.82 Å². The average Bonchev–Trinajstić information content (AvgIpc) is 2.94. The zero-order valence-corrected chi connectivity index (χ0v) is 13.3. The van der Waals surface area contributed by atoms with Crippen LogP contribution in [0, 0.1) is 6.42 Å². The van der Waals surface area contributed by atoms with Crippen LogP contribution in [0.1, 0.15) is 51.6 Å². The van der Waals surface area contributed by atoms with Gasteiger partial charge in [-0.05, 0) is 46.5 Å². The number of amides is 1. The number of hydrogen-bond donors (Lipinski definition) is 1. The van der Waals surface area contributed by atoms with E-state index in [1.54, 1.807) is 0 Å². The molecule has 1 atom stereocenters. The lowest BCUT2D eigenvalue weighted by molar-refractivity contribution is -0.113. The second-order valence-electron chi connectivity index (χ2n) is 6.02. The molecule has 19 heavy (non-hydrogen) atoms. The van der Waals surface area contributed by atoms with Gasteiger partial charge in [0.05, 0.1) is 16.6 Å². The summed E-state index contributed by atoms with van der Waals surface area (Å²) in [6.45, 7) is 6.27. The third-order valence-corrected chi connectivity index (χ3v) is 3.85. The van der Waals surface area contributed by atoms with Crippen molar-refractivity contribution in [1.82, 2.24) is 9.78 Å². The number of alkyl halides is 1. The number of anilines is 1. The number of halogens is 1. The van der Waals surface area contributed by atoms with E-state index in [4.69, 9.17) is 5.10 Å². The van der Waals surface area contributed by atoms with Crippen LogP contribution in [0.25, 0.3) is 0 Å². The van der Waals surface area contributed by atoms with Gasteiger partial charge in [-0.2, -0.15) is 5.10 Å². The molecule has 1 heterocycles. The van der Waals surface area contributed by atoms with Gasteiger partial charge in [0.15, 0.2) is 0 Å². The Morgan fingerprint density at radius 2 is 2.32 bits per heavy atom. The summed E-state index contributed by atoms with van der Waals surface area (Å²) in [5, 5.41) is 7.93. The summed E-state index contributed by atoms with van der Waals surface area (Å²) >= 11 is 3.17. The fourth-order valence-corrected chi connectivity index (χ4v) is 2.54. The van der Waals surface area contributed by atoms with Gasteiger partial charge in [0.2, 0.25) is 5.91 Å². The maximum absolute atomic E-state index is 11.6. The molecule has 0 aliphatic heterocycles. The van der Waals surface area contributed by atoms with Gasteiger partial charge >= 0.3 is 0 Å². The maximum Gasteiger partial charge on any atom is 0.236 e. The zero-order chi connectivity index (χ0) is 14.0. The highest BCUT2D eigenvalue weighted by atomic mass is 79.9. The molecule has 1 saturated carbocycles. The number of carbonyl (C=O) groups excluding carboxylic acids is 1. The van der Waals surface area contributed by atoms with Crippen molar-refractivity contribution in [2.75, 3.05) is 10.6 Å². The summed E-state index contributed by atoms with van der Waals surface area (Å²) in [7, 11) is 0. The van der Waals surface area contributed by atoms with E-state index in [-0.39, 0.29) is 11.4 Å². The van der Waals surface area contributed by atoms with Crippen molar-refractivity contribution < 1.29 is 4.79 Å². The van der Waals surface area contributed by atoms with Gasteiger partial charge in [0.1, 0.15) is 5.82 Å². The molecule has 105 valence electrons. The first kappa shape index (κ1) is 14.6. The van der Waals surface area contributed by atoms with Crippen molar-refractivity contribution in [1.29, 1.82) is 0 Å². The highest BCUT2D eigenvalue weighted by Crippen LogP contribution is 2.35. The molecule has 0 spiro atoms. The molecule has 0 saturated heterocycles. The van der Waals surface area contributed by atoms with Gasteiger partial charge in [-0.1, -0.05) is 15.9 Å². The van der Waals surface area contributed by atoms with E-state index >= 15 is 0 Å². The van der Waals surface area contributed by atoms with E-state index in [1.165, 1.54) is 0 Å². The minimum absolute atomic E-state index is 0.0464. The Bertz CT molecular complexity index is 456. The van der Waals surface area contributed by atoms with Crippen molar-refractivity contribution in [3.63, 3.8) is 0 Å². The lowest BCUT2D eigenvalue weighted by atomic mass is 10.0. The first-order valence-electron chi connectivity index (χ1n) is 6.69. The van der Waals surface area contributed by atoms with E-state index in [1.807, 2.05) is 10.7 Å². The minimum atomic E-state index is -0.143. The standard InChI is InChI=1S/C14H21BrN3O/c1-14(2,3)18-12(16-13(19)9-15)8-11(17-18)10-6-4-5-7-10/h4,8,10H,5-7,9H2,1-3H3,(H,16,19). The fraction of sp³-hybridized carbons (Fsp3) is 0.643. The first-order valence-corrected chi connectivity index (χ1v) is 7.82. The van der Waals surface area contributed by atoms with E-state index in [0.29, 0.717) is 11.2 Å². The van der Waals surface area contributed by atoms with Gasteiger partial charge < -0.3 is 5.32 Å². The monoisotopic (exact) mass is 326 g/mol. The van der Waals surface area contributed by atoms with Gasteiger partial charge in [-0.15, -0.1) is 0 Å². The van der Waals surface area contributed by atoms with Crippen molar-refractivity contribution >= 4 is 27.7 Å². The lowest BCUT2D eigenvalue weighted by Gasteiger charge is -2.22. The molecular formula is C14H21BrN3O. The van der Waals surface area contributed by atoms with E-state index in [2.05, 4.69) is 48.4 Å². The Hall–Kier alpha value is -0.840. The molecule has 4 nitrogen and oxygen atoms in total. The molecule has 5 heteroatoms. The van der Waals surface area contributed by atoms with Crippen LogP contribution in [0.15, 0.2) is 6.07 Å². The molecule has 1 N–H and O–H groups in total. The molecule has 1 amide bonds. The summed E-state index contributed by atoms with van der Waals surface area (Å²) in [6.07, 6.45) is 5.73. The molecule has 0 aromatic carbocycles. The summed E-state index contributed by atoms with van der Waals surface area (Å²) in [6, 6.07) is 2.02. The highest BCUT2D eigenvalue weighted by molar-refractivity contribution is 9.09. The Balaban J connectivity index is 2.30. The Kier molecular flexibility index (Phi) is 4.33. The van der Waals surface area contributed by atoms with Crippen molar-refractivity contribution in [3.05, 3.63) is 18.2 Å². The average molecular weight is 327 g/mol. The third-order valence-electron chi connectivity index (χ3n) is 3.34. The molecule has 1 aromatic heterocycles. The predicted molar refractivity (Wildman–Crippen MR) is 80.5 cm³/mol. The van der Waals surface area contributed by atoms with Crippen molar-refractivity contribution in [2.24, 2.45) is 0 Å². The minimum Gasteiger partial charge on any atom is -0.310 e. The number of hydrogen-bond acceptors (Lipinski definition) is 2. The van der Waals surface area contributed by atoms with Crippen LogP contribution in [-0.2, 0) is 10.3 Å². The topological polar surface area (TPSA) is 46.9 Å². The van der Waals surface area contributed by atoms with E-state index in [9.17, 15) is 4.79 Å². The molecule has 1 radical (unpaired) electrons. The quantitative estimate of drug-likeness (QED) is 0.865. The first-order chi connectivity index (χ1) is 8.91. The Labute approximate surface area is 123 Å². The van der Waals surface area contributed by atoms with Gasteiger partial charge in [-0.3, -0.25) is 4.79 Å². The molecule has 1 unspecified atom stereocenters. The van der Waals surface area contributed by atoms with Crippen LogP contribution < -0.4 is 5.32 Å². The van der Waals surface area contributed by atoms with Crippen molar-refractivity contribution in [3.8, 4) is 0 Å². The highest BCUT2D eigenvalue weighted by Gasteiger charge is 2.25. The van der Waals surface area contributed by atoms with Crippen LogP contribution >= 0.6 is 15.9 Å². The summed E-state index contributed by atoms with van der Waals surface area (Å²) in [5.74, 6) is 1.25. The molecular weight excluding hydrogens is 306 g/mol. The van der Waals surface area contributed by atoms with E-state index < -0.39 is 0 Å². The largest absolute Gasteiger partial charge is 0.310 e. The molecule has 1 fully saturated rings. The second kappa shape index (κ2) is 5.65. The Morgan fingerprint density at radius 3 is 2.84 bits per heavy atom. The van der Waals surface area contributed by atoms with Gasteiger partial charge in [0.25, 0.3) is 0 Å².